The fraction of sp³-hybridized carbons (Fsp3) is 0.233. The summed E-state index contributed by atoms with van der Waals surface area (Å²) in [5, 5.41) is 11.3. The Morgan fingerprint density at radius 2 is 1.78 bits per heavy atom. The maximum Gasteiger partial charge on any atom is 0.255 e. The second-order valence-electron chi connectivity index (χ2n) is 9.12. The second kappa shape index (κ2) is 12.7. The first kappa shape index (κ1) is 28.5. The summed E-state index contributed by atoms with van der Waals surface area (Å²) >= 11 is 10.0. The van der Waals surface area contributed by atoms with Crippen LogP contribution in [0.15, 0.2) is 82.7 Å². The summed E-state index contributed by atoms with van der Waals surface area (Å²) in [5.41, 5.74) is 3.29. The maximum atomic E-state index is 13.9. The fourth-order valence-electron chi connectivity index (χ4n) is 4.65. The molecule has 0 saturated heterocycles. The molecule has 0 bridgehead atoms. The Morgan fingerprint density at radius 3 is 2.56 bits per heavy atom. The van der Waals surface area contributed by atoms with Crippen LogP contribution in [0.3, 0.4) is 0 Å². The SMILES string of the molecule is CCOc1ccccc1NC(=O)C1=C(C)Nc2ncnn2C1c1cc(Br)c(OCc2ccccc2Cl)c(OCC)c1. The zero-order valence-corrected chi connectivity index (χ0v) is 25.1. The van der Waals surface area contributed by atoms with E-state index >= 15 is 0 Å². The third kappa shape index (κ3) is 6.03. The van der Waals surface area contributed by atoms with Gasteiger partial charge in [-0.05, 0) is 72.6 Å². The van der Waals surface area contributed by atoms with Crippen LogP contribution in [0.25, 0.3) is 0 Å². The molecular formula is C30H29BrClN5O4. The lowest BCUT2D eigenvalue weighted by atomic mass is 9.94. The number of nitrogens with zero attached hydrogens (tertiary/aromatic N) is 3. The van der Waals surface area contributed by atoms with Crippen molar-refractivity contribution in [1.29, 1.82) is 0 Å². The Bertz CT molecular complexity index is 1610. The number of allylic oxidation sites excluding steroid dienone is 1. The minimum atomic E-state index is -0.610. The molecule has 1 atom stereocenters. The van der Waals surface area contributed by atoms with Crippen molar-refractivity contribution in [2.75, 3.05) is 23.8 Å². The highest BCUT2D eigenvalue weighted by molar-refractivity contribution is 9.10. The zero-order chi connectivity index (χ0) is 28.9. The topological polar surface area (TPSA) is 99.5 Å². The van der Waals surface area contributed by atoms with Crippen molar-refractivity contribution in [3.05, 3.63) is 98.9 Å². The average Bonchev–Trinajstić information content (AvgIpc) is 3.42. The molecule has 4 aromatic rings. The van der Waals surface area contributed by atoms with Gasteiger partial charge >= 0.3 is 0 Å². The number of fused-ring (bicyclic) bond motifs is 1. The lowest BCUT2D eigenvalue weighted by Crippen LogP contribution is -2.31. The van der Waals surface area contributed by atoms with E-state index in [-0.39, 0.29) is 12.5 Å². The largest absolute Gasteiger partial charge is 0.492 e. The molecule has 1 aliphatic rings. The normalized spacial score (nSPS) is 14.2. The summed E-state index contributed by atoms with van der Waals surface area (Å²) in [6, 6.07) is 18.0. The van der Waals surface area contributed by atoms with E-state index in [1.54, 1.807) is 10.7 Å². The Labute approximate surface area is 251 Å². The van der Waals surface area contributed by atoms with Crippen molar-refractivity contribution in [3.63, 3.8) is 0 Å². The number of aromatic nitrogens is 3. The van der Waals surface area contributed by atoms with Crippen molar-refractivity contribution < 1.29 is 19.0 Å². The predicted octanol–water partition coefficient (Wildman–Crippen LogP) is 7.00. The van der Waals surface area contributed by atoms with Gasteiger partial charge < -0.3 is 24.8 Å². The van der Waals surface area contributed by atoms with Crippen LogP contribution in [0.2, 0.25) is 5.02 Å². The van der Waals surface area contributed by atoms with Crippen molar-refractivity contribution in [2.45, 2.75) is 33.4 Å². The number of benzene rings is 3. The Kier molecular flexibility index (Phi) is 8.80. The third-order valence-corrected chi connectivity index (χ3v) is 7.41. The molecule has 1 aromatic heterocycles. The molecule has 0 spiro atoms. The van der Waals surface area contributed by atoms with E-state index in [9.17, 15) is 4.79 Å². The molecule has 3 aromatic carbocycles. The van der Waals surface area contributed by atoms with Gasteiger partial charge in [-0.2, -0.15) is 10.1 Å². The van der Waals surface area contributed by atoms with Crippen molar-refractivity contribution in [3.8, 4) is 17.2 Å². The van der Waals surface area contributed by atoms with Crippen LogP contribution in [0.5, 0.6) is 17.2 Å². The van der Waals surface area contributed by atoms with Crippen LogP contribution >= 0.6 is 27.5 Å². The highest BCUT2D eigenvalue weighted by Gasteiger charge is 2.35. The van der Waals surface area contributed by atoms with E-state index in [0.29, 0.717) is 62.9 Å². The molecular weight excluding hydrogens is 610 g/mol. The number of halogens is 2. The summed E-state index contributed by atoms with van der Waals surface area (Å²) in [5.74, 6) is 1.85. The molecule has 0 fully saturated rings. The number of para-hydroxylation sites is 2. The van der Waals surface area contributed by atoms with Crippen LogP contribution in [-0.2, 0) is 11.4 Å². The zero-order valence-electron chi connectivity index (χ0n) is 22.8. The van der Waals surface area contributed by atoms with Crippen LogP contribution in [0.4, 0.5) is 11.6 Å². The standard InChI is InChI=1S/C30H29BrClN5O4/c1-4-39-24-13-9-8-12-23(24)36-29(38)26-18(3)35-30-33-17-34-37(30)27(26)20-14-21(31)28(25(15-20)40-5-2)41-16-19-10-6-7-11-22(19)32/h6-15,17,27H,4-5,16H2,1-3H3,(H,36,38)(H,33,34,35). The van der Waals surface area contributed by atoms with Crippen LogP contribution in [-0.4, -0.2) is 33.9 Å². The summed E-state index contributed by atoms with van der Waals surface area (Å²) in [6.07, 6.45) is 1.45. The number of nitrogens with one attached hydrogen (secondary N) is 2. The first-order valence-corrected chi connectivity index (χ1v) is 14.3. The summed E-state index contributed by atoms with van der Waals surface area (Å²) in [6.45, 7) is 6.78. The van der Waals surface area contributed by atoms with Gasteiger partial charge in [0.05, 0.1) is 28.9 Å². The van der Waals surface area contributed by atoms with E-state index in [4.69, 9.17) is 25.8 Å². The van der Waals surface area contributed by atoms with Gasteiger partial charge in [0, 0.05) is 16.3 Å². The van der Waals surface area contributed by atoms with E-state index in [1.165, 1.54) is 6.33 Å². The predicted molar refractivity (Wildman–Crippen MR) is 162 cm³/mol. The molecule has 212 valence electrons. The fourth-order valence-corrected chi connectivity index (χ4v) is 5.41. The molecule has 2 N–H and O–H groups in total. The van der Waals surface area contributed by atoms with Gasteiger partial charge in [-0.25, -0.2) is 4.68 Å². The highest BCUT2D eigenvalue weighted by Crippen LogP contribution is 2.43. The van der Waals surface area contributed by atoms with E-state index < -0.39 is 6.04 Å². The number of carbonyl (C=O) groups is 1. The van der Waals surface area contributed by atoms with Gasteiger partial charge in [0.25, 0.3) is 5.91 Å². The smallest absolute Gasteiger partial charge is 0.255 e. The van der Waals surface area contributed by atoms with Gasteiger partial charge in [0.15, 0.2) is 11.5 Å². The number of anilines is 2. The molecule has 1 amide bonds. The minimum absolute atomic E-state index is 0.254. The highest BCUT2D eigenvalue weighted by atomic mass is 79.9. The second-order valence-corrected chi connectivity index (χ2v) is 10.4. The molecule has 1 aliphatic heterocycles. The average molecular weight is 639 g/mol. The molecule has 0 aliphatic carbocycles. The maximum absolute atomic E-state index is 13.9. The van der Waals surface area contributed by atoms with Gasteiger partial charge in [0.2, 0.25) is 5.95 Å². The molecule has 0 saturated carbocycles. The Balaban J connectivity index is 1.53. The Hall–Kier alpha value is -4.02. The summed E-state index contributed by atoms with van der Waals surface area (Å²) in [4.78, 5) is 18.2. The summed E-state index contributed by atoms with van der Waals surface area (Å²) < 4.78 is 20.3. The van der Waals surface area contributed by atoms with E-state index in [2.05, 4.69) is 36.6 Å². The molecule has 9 nitrogen and oxygen atoms in total. The third-order valence-electron chi connectivity index (χ3n) is 6.45. The van der Waals surface area contributed by atoms with Crippen molar-refractivity contribution >= 4 is 45.1 Å². The van der Waals surface area contributed by atoms with Gasteiger partial charge in [-0.15, -0.1) is 0 Å². The van der Waals surface area contributed by atoms with Gasteiger partial charge in [0.1, 0.15) is 24.7 Å². The van der Waals surface area contributed by atoms with Gasteiger partial charge in [-0.1, -0.05) is 41.9 Å². The summed E-state index contributed by atoms with van der Waals surface area (Å²) in [7, 11) is 0. The van der Waals surface area contributed by atoms with Crippen LogP contribution in [0, 0.1) is 0 Å². The first-order valence-electron chi connectivity index (χ1n) is 13.1. The molecule has 41 heavy (non-hydrogen) atoms. The van der Waals surface area contributed by atoms with E-state index in [1.807, 2.05) is 75.4 Å². The lowest BCUT2D eigenvalue weighted by Gasteiger charge is -2.29. The first-order chi connectivity index (χ1) is 19.9. The molecule has 0 radical (unpaired) electrons. The van der Waals surface area contributed by atoms with E-state index in [0.717, 1.165) is 11.1 Å². The van der Waals surface area contributed by atoms with Crippen molar-refractivity contribution in [1.82, 2.24) is 14.8 Å². The molecule has 5 rings (SSSR count). The van der Waals surface area contributed by atoms with Crippen LogP contribution < -0.4 is 24.8 Å². The minimum Gasteiger partial charge on any atom is -0.492 e. The number of hydrogen-bond donors (Lipinski definition) is 2. The molecule has 2 heterocycles. The monoisotopic (exact) mass is 637 g/mol. The molecule has 1 unspecified atom stereocenters. The number of rotatable bonds is 10. The number of ether oxygens (including phenoxy) is 3. The number of amides is 1. The van der Waals surface area contributed by atoms with Crippen LogP contribution in [0.1, 0.15) is 37.9 Å². The Morgan fingerprint density at radius 1 is 1.05 bits per heavy atom. The lowest BCUT2D eigenvalue weighted by molar-refractivity contribution is -0.113. The van der Waals surface area contributed by atoms with Gasteiger partial charge in [-0.3, -0.25) is 4.79 Å². The number of hydrogen-bond acceptors (Lipinski definition) is 7. The van der Waals surface area contributed by atoms with Crippen molar-refractivity contribution in [2.24, 2.45) is 0 Å². The number of carbonyl (C=O) groups excluding carboxylic acids is 1. The quantitative estimate of drug-likeness (QED) is 0.193. The molecule has 11 heteroatoms.